The van der Waals surface area contributed by atoms with Crippen LogP contribution in [-0.2, 0) is 15.1 Å². The fraction of sp³-hybridized carbons (Fsp3) is 0.389. The second-order valence-corrected chi connectivity index (χ2v) is 6.32. The highest BCUT2D eigenvalue weighted by Gasteiger charge is 2.49. The normalized spacial score (nSPS) is 19.8. The third kappa shape index (κ3) is 3.70. The summed E-state index contributed by atoms with van der Waals surface area (Å²) in [6, 6.07) is 4.69. The lowest BCUT2D eigenvalue weighted by Crippen LogP contribution is -2.44. The predicted octanol–water partition coefficient (Wildman–Crippen LogP) is 2.02. The number of rotatable bonds is 6. The maximum Gasteiger partial charge on any atom is 0.325 e. The molecule has 0 spiro atoms. The minimum absolute atomic E-state index is 0.336. The largest absolute Gasteiger partial charge is 0.337 e. The molecular weight excluding hydrogens is 325 g/mol. The molecule has 1 heterocycles. The Bertz CT molecular complexity index is 717. The molecule has 0 radical (unpaired) electrons. The molecule has 0 bridgehead atoms. The number of carbonyl (C=O) groups is 3. The molecule has 1 aromatic carbocycles. The molecule has 1 aliphatic heterocycles. The van der Waals surface area contributed by atoms with Crippen LogP contribution >= 0.6 is 0 Å². The number of nitrogens with zero attached hydrogens (tertiary/aromatic N) is 2. The maximum atomic E-state index is 13.1. The van der Waals surface area contributed by atoms with Crippen molar-refractivity contribution in [2.24, 2.45) is 0 Å². The highest BCUT2D eigenvalue weighted by atomic mass is 19.1. The van der Waals surface area contributed by atoms with Gasteiger partial charge in [0.05, 0.1) is 0 Å². The molecule has 0 aliphatic carbocycles. The standard InChI is InChI=1S/C18H22FN3O3/c1-5-21(10-12(2)3)15(23)11-22-16(24)18(4,20-17(22)25)13-6-8-14(19)9-7-13/h6-9H,2,5,10-11H2,1,3-4H3,(H,20,25). The smallest absolute Gasteiger partial charge is 0.325 e. The van der Waals surface area contributed by atoms with Gasteiger partial charge in [-0.15, -0.1) is 0 Å². The number of likely N-dealkylation sites (N-methyl/N-ethyl adjacent to an activating group) is 1. The minimum atomic E-state index is -1.32. The summed E-state index contributed by atoms with van der Waals surface area (Å²) in [4.78, 5) is 39.8. The monoisotopic (exact) mass is 347 g/mol. The number of hydrogen-bond acceptors (Lipinski definition) is 3. The highest BCUT2D eigenvalue weighted by molar-refractivity contribution is 6.09. The second kappa shape index (κ2) is 7.04. The Kier molecular flexibility index (Phi) is 5.25. The summed E-state index contributed by atoms with van der Waals surface area (Å²) in [7, 11) is 0. The van der Waals surface area contributed by atoms with Crippen molar-refractivity contribution in [3.8, 4) is 0 Å². The fourth-order valence-corrected chi connectivity index (χ4v) is 2.76. The first-order valence-corrected chi connectivity index (χ1v) is 8.01. The first kappa shape index (κ1) is 18.6. The van der Waals surface area contributed by atoms with Gasteiger partial charge in [-0.2, -0.15) is 0 Å². The van der Waals surface area contributed by atoms with E-state index in [1.807, 2.05) is 6.92 Å². The number of imide groups is 1. The van der Waals surface area contributed by atoms with Gasteiger partial charge in [0.2, 0.25) is 5.91 Å². The molecule has 0 saturated carbocycles. The SMILES string of the molecule is C=C(C)CN(CC)C(=O)CN1C(=O)NC(C)(c2ccc(F)cc2)C1=O. The molecule has 134 valence electrons. The van der Waals surface area contributed by atoms with Gasteiger partial charge in [-0.3, -0.25) is 14.5 Å². The average molecular weight is 347 g/mol. The van der Waals surface area contributed by atoms with Crippen molar-refractivity contribution in [3.05, 3.63) is 47.8 Å². The Morgan fingerprint density at radius 2 is 1.92 bits per heavy atom. The molecule has 4 amide bonds. The Hall–Kier alpha value is -2.70. The Labute approximate surface area is 146 Å². The zero-order valence-corrected chi connectivity index (χ0v) is 14.6. The van der Waals surface area contributed by atoms with E-state index in [0.29, 0.717) is 18.7 Å². The fourth-order valence-electron chi connectivity index (χ4n) is 2.76. The minimum Gasteiger partial charge on any atom is -0.337 e. The van der Waals surface area contributed by atoms with Crippen LogP contribution in [0.5, 0.6) is 0 Å². The summed E-state index contributed by atoms with van der Waals surface area (Å²) in [6.45, 7) is 9.40. The van der Waals surface area contributed by atoms with Crippen LogP contribution in [-0.4, -0.2) is 47.3 Å². The third-order valence-electron chi connectivity index (χ3n) is 4.19. The molecule has 1 saturated heterocycles. The summed E-state index contributed by atoms with van der Waals surface area (Å²) in [5.41, 5.74) is -0.0590. The lowest BCUT2D eigenvalue weighted by Gasteiger charge is -2.24. The Morgan fingerprint density at radius 1 is 1.32 bits per heavy atom. The quantitative estimate of drug-likeness (QED) is 0.632. The molecular formula is C18H22FN3O3. The maximum absolute atomic E-state index is 13.1. The summed E-state index contributed by atoms with van der Waals surface area (Å²) in [5, 5.41) is 2.60. The molecule has 1 unspecified atom stereocenters. The van der Waals surface area contributed by atoms with Crippen molar-refractivity contribution >= 4 is 17.8 Å². The van der Waals surface area contributed by atoms with Crippen LogP contribution in [0.1, 0.15) is 26.3 Å². The molecule has 1 aliphatic rings. The van der Waals surface area contributed by atoms with E-state index in [2.05, 4.69) is 11.9 Å². The number of urea groups is 1. The number of halogens is 1. The molecule has 25 heavy (non-hydrogen) atoms. The number of amides is 4. The van der Waals surface area contributed by atoms with Crippen LogP contribution in [0.2, 0.25) is 0 Å². The summed E-state index contributed by atoms with van der Waals surface area (Å²) < 4.78 is 13.1. The van der Waals surface area contributed by atoms with Crippen LogP contribution in [0, 0.1) is 5.82 Å². The lowest BCUT2D eigenvalue weighted by atomic mass is 9.92. The van der Waals surface area contributed by atoms with Crippen LogP contribution in [0.3, 0.4) is 0 Å². The van der Waals surface area contributed by atoms with Crippen molar-refractivity contribution in [2.75, 3.05) is 19.6 Å². The number of carbonyl (C=O) groups excluding carboxylic acids is 3. The van der Waals surface area contributed by atoms with Crippen LogP contribution in [0.25, 0.3) is 0 Å². The predicted molar refractivity (Wildman–Crippen MR) is 91.1 cm³/mol. The van der Waals surface area contributed by atoms with E-state index in [1.165, 1.54) is 36.1 Å². The molecule has 7 heteroatoms. The van der Waals surface area contributed by atoms with Gasteiger partial charge in [0.25, 0.3) is 5.91 Å². The van der Waals surface area contributed by atoms with Crippen molar-refractivity contribution in [2.45, 2.75) is 26.3 Å². The molecule has 1 fully saturated rings. The van der Waals surface area contributed by atoms with E-state index in [0.717, 1.165) is 10.5 Å². The van der Waals surface area contributed by atoms with Crippen molar-refractivity contribution in [1.29, 1.82) is 0 Å². The van der Waals surface area contributed by atoms with Crippen LogP contribution < -0.4 is 5.32 Å². The third-order valence-corrected chi connectivity index (χ3v) is 4.19. The van der Waals surface area contributed by atoms with E-state index < -0.39 is 23.3 Å². The van der Waals surface area contributed by atoms with Gasteiger partial charge in [0.1, 0.15) is 17.9 Å². The highest BCUT2D eigenvalue weighted by Crippen LogP contribution is 2.28. The van der Waals surface area contributed by atoms with E-state index in [9.17, 15) is 18.8 Å². The van der Waals surface area contributed by atoms with Gasteiger partial charge in [0.15, 0.2) is 0 Å². The molecule has 1 atom stereocenters. The van der Waals surface area contributed by atoms with Gasteiger partial charge in [-0.1, -0.05) is 24.3 Å². The second-order valence-electron chi connectivity index (χ2n) is 6.32. The number of hydrogen-bond donors (Lipinski definition) is 1. The molecule has 1 N–H and O–H groups in total. The first-order chi connectivity index (χ1) is 11.7. The van der Waals surface area contributed by atoms with Gasteiger partial charge in [-0.25, -0.2) is 9.18 Å². The Morgan fingerprint density at radius 3 is 2.44 bits per heavy atom. The summed E-state index contributed by atoms with van der Waals surface area (Å²) >= 11 is 0. The number of benzene rings is 1. The average Bonchev–Trinajstić information content (AvgIpc) is 2.77. The Balaban J connectivity index is 2.19. The number of nitrogens with one attached hydrogen (secondary N) is 1. The van der Waals surface area contributed by atoms with E-state index >= 15 is 0 Å². The zero-order chi connectivity index (χ0) is 18.8. The van der Waals surface area contributed by atoms with Gasteiger partial charge in [-0.05, 0) is 38.5 Å². The molecule has 1 aromatic rings. The van der Waals surface area contributed by atoms with E-state index in [4.69, 9.17) is 0 Å². The van der Waals surface area contributed by atoms with Crippen molar-refractivity contribution in [3.63, 3.8) is 0 Å². The van der Waals surface area contributed by atoms with Crippen LogP contribution in [0.4, 0.5) is 9.18 Å². The molecule has 2 rings (SSSR count). The summed E-state index contributed by atoms with van der Waals surface area (Å²) in [5.74, 6) is -1.31. The van der Waals surface area contributed by atoms with Gasteiger partial charge < -0.3 is 10.2 Å². The summed E-state index contributed by atoms with van der Waals surface area (Å²) in [6.07, 6.45) is 0. The molecule has 0 aromatic heterocycles. The lowest BCUT2D eigenvalue weighted by molar-refractivity contribution is -0.138. The van der Waals surface area contributed by atoms with Crippen LogP contribution in [0.15, 0.2) is 36.4 Å². The first-order valence-electron chi connectivity index (χ1n) is 8.01. The molecule has 6 nitrogen and oxygen atoms in total. The van der Waals surface area contributed by atoms with E-state index in [1.54, 1.807) is 6.92 Å². The van der Waals surface area contributed by atoms with Gasteiger partial charge >= 0.3 is 6.03 Å². The van der Waals surface area contributed by atoms with E-state index in [-0.39, 0.29) is 12.5 Å². The topological polar surface area (TPSA) is 69.7 Å². The zero-order valence-electron chi connectivity index (χ0n) is 14.6. The van der Waals surface area contributed by atoms with Crippen molar-refractivity contribution in [1.82, 2.24) is 15.1 Å². The van der Waals surface area contributed by atoms with Crippen molar-refractivity contribution < 1.29 is 18.8 Å². The van der Waals surface area contributed by atoms with Gasteiger partial charge in [0, 0.05) is 13.1 Å².